The molecule has 1 aromatic heterocycles. The number of benzene rings is 1. The Morgan fingerprint density at radius 3 is 2.60 bits per heavy atom. The molecule has 1 heterocycles. The molecule has 0 atom stereocenters. The van der Waals surface area contributed by atoms with Gasteiger partial charge in [0, 0.05) is 19.2 Å². The summed E-state index contributed by atoms with van der Waals surface area (Å²) in [6.07, 6.45) is 1.81. The quantitative estimate of drug-likeness (QED) is 0.601. The molecule has 7 nitrogen and oxygen atoms in total. The predicted octanol–water partition coefficient (Wildman–Crippen LogP) is 2.71. The molecule has 0 aliphatic rings. The molecule has 1 aromatic carbocycles. The van der Waals surface area contributed by atoms with Gasteiger partial charge in [0.15, 0.2) is 0 Å². The van der Waals surface area contributed by atoms with Crippen LogP contribution < -0.4 is 5.73 Å². The van der Waals surface area contributed by atoms with Gasteiger partial charge in [-0.05, 0) is 25.5 Å². The van der Waals surface area contributed by atoms with Gasteiger partial charge in [-0.15, -0.1) is 12.4 Å². The highest BCUT2D eigenvalue weighted by Gasteiger charge is 2.21. The van der Waals surface area contributed by atoms with Crippen molar-refractivity contribution in [2.75, 3.05) is 13.1 Å². The van der Waals surface area contributed by atoms with E-state index in [-0.39, 0.29) is 29.6 Å². The van der Waals surface area contributed by atoms with Gasteiger partial charge in [-0.2, -0.15) is 0 Å². The first-order valence-corrected chi connectivity index (χ1v) is 7.67. The summed E-state index contributed by atoms with van der Waals surface area (Å²) >= 11 is 0. The molecular formula is C17H21ClN4O3. The van der Waals surface area contributed by atoms with Crippen LogP contribution in [0.3, 0.4) is 0 Å². The lowest BCUT2D eigenvalue weighted by molar-refractivity contribution is -0.385. The first-order valence-electron chi connectivity index (χ1n) is 7.67. The van der Waals surface area contributed by atoms with Crippen molar-refractivity contribution in [3.63, 3.8) is 0 Å². The van der Waals surface area contributed by atoms with Crippen molar-refractivity contribution in [3.05, 3.63) is 69.5 Å². The van der Waals surface area contributed by atoms with Crippen molar-refractivity contribution in [2.45, 2.75) is 19.9 Å². The van der Waals surface area contributed by atoms with E-state index < -0.39 is 4.92 Å². The van der Waals surface area contributed by atoms with Crippen LogP contribution in [0.25, 0.3) is 0 Å². The number of hydrogen-bond acceptors (Lipinski definition) is 5. The summed E-state index contributed by atoms with van der Waals surface area (Å²) in [5.74, 6) is -0.277. The Kier molecular flexibility index (Phi) is 7.97. The smallest absolute Gasteiger partial charge is 0.288 e. The largest absolute Gasteiger partial charge is 0.334 e. The van der Waals surface area contributed by atoms with Crippen LogP contribution in [0.15, 0.2) is 42.6 Å². The van der Waals surface area contributed by atoms with Crippen LogP contribution in [0.1, 0.15) is 28.0 Å². The molecule has 0 spiro atoms. The second-order valence-corrected chi connectivity index (χ2v) is 5.44. The zero-order valence-corrected chi connectivity index (χ0v) is 14.7. The highest BCUT2D eigenvalue weighted by molar-refractivity contribution is 5.95. The number of amides is 1. The molecule has 0 fully saturated rings. The summed E-state index contributed by atoms with van der Waals surface area (Å²) in [6, 6.07) is 10.9. The third-order valence-corrected chi connectivity index (χ3v) is 3.65. The Labute approximate surface area is 152 Å². The lowest BCUT2D eigenvalue weighted by Gasteiger charge is -2.23. The van der Waals surface area contributed by atoms with Crippen LogP contribution >= 0.6 is 12.4 Å². The minimum Gasteiger partial charge on any atom is -0.334 e. The van der Waals surface area contributed by atoms with Crippen molar-refractivity contribution in [2.24, 2.45) is 5.73 Å². The number of hydrogen-bond donors (Lipinski definition) is 1. The normalized spacial score (nSPS) is 10.0. The fourth-order valence-corrected chi connectivity index (χ4v) is 2.35. The zero-order chi connectivity index (χ0) is 17.5. The summed E-state index contributed by atoms with van der Waals surface area (Å²) in [4.78, 5) is 28.9. The Morgan fingerprint density at radius 2 is 2.00 bits per heavy atom. The molecule has 0 radical (unpaired) electrons. The number of pyridine rings is 1. The van der Waals surface area contributed by atoms with Crippen LogP contribution in [0.2, 0.25) is 0 Å². The van der Waals surface area contributed by atoms with E-state index in [0.717, 1.165) is 11.8 Å². The Hall–Kier alpha value is -2.51. The van der Waals surface area contributed by atoms with E-state index in [4.69, 9.17) is 5.73 Å². The van der Waals surface area contributed by atoms with E-state index in [1.165, 1.54) is 6.07 Å². The fraction of sp³-hybridized carbons (Fsp3) is 0.294. The van der Waals surface area contributed by atoms with Crippen LogP contribution in [0.5, 0.6) is 0 Å². The second-order valence-electron chi connectivity index (χ2n) is 5.44. The van der Waals surface area contributed by atoms with E-state index in [9.17, 15) is 14.9 Å². The lowest BCUT2D eigenvalue weighted by Crippen LogP contribution is -2.33. The number of nitrogens with zero attached hydrogens (tertiary/aromatic N) is 3. The number of halogens is 1. The third-order valence-electron chi connectivity index (χ3n) is 3.65. The number of nitro groups is 1. The van der Waals surface area contributed by atoms with Crippen molar-refractivity contribution < 1.29 is 9.72 Å². The van der Waals surface area contributed by atoms with Crippen molar-refractivity contribution in [1.82, 2.24) is 9.88 Å². The van der Waals surface area contributed by atoms with Gasteiger partial charge in [-0.1, -0.05) is 30.3 Å². The maximum absolute atomic E-state index is 12.9. The van der Waals surface area contributed by atoms with Gasteiger partial charge in [0.25, 0.3) is 11.6 Å². The van der Waals surface area contributed by atoms with Crippen molar-refractivity contribution in [3.8, 4) is 0 Å². The molecule has 0 unspecified atom stereocenters. The van der Waals surface area contributed by atoms with Gasteiger partial charge in [0.05, 0.1) is 16.2 Å². The number of aryl methyl sites for hydroxylation is 1. The van der Waals surface area contributed by atoms with E-state index in [1.807, 2.05) is 30.3 Å². The molecule has 2 rings (SSSR count). The van der Waals surface area contributed by atoms with Gasteiger partial charge in [-0.3, -0.25) is 19.9 Å². The van der Waals surface area contributed by atoms with E-state index in [0.29, 0.717) is 31.7 Å². The number of aromatic nitrogens is 1. The molecule has 2 N–H and O–H groups in total. The van der Waals surface area contributed by atoms with Crippen molar-refractivity contribution >= 4 is 24.0 Å². The minimum absolute atomic E-state index is 0. The standard InChI is InChI=1S/C17H20N4O3.ClH/c1-13-16(10-15(11-19-13)21(23)24)17(22)20(9-5-8-18)12-14-6-3-2-4-7-14;/h2-4,6-7,10-11H,5,8-9,12,18H2,1H3;1H. The van der Waals surface area contributed by atoms with E-state index in [2.05, 4.69) is 4.98 Å². The maximum Gasteiger partial charge on any atom is 0.288 e. The van der Waals surface area contributed by atoms with Gasteiger partial charge in [0.1, 0.15) is 6.20 Å². The Bertz CT molecular complexity index is 725. The average Bonchev–Trinajstić information content (AvgIpc) is 2.59. The molecule has 134 valence electrons. The molecule has 0 aliphatic carbocycles. The van der Waals surface area contributed by atoms with Crippen LogP contribution in [-0.4, -0.2) is 33.8 Å². The molecule has 0 saturated carbocycles. The molecule has 2 aromatic rings. The summed E-state index contributed by atoms with van der Waals surface area (Å²) in [5.41, 5.74) is 7.07. The highest BCUT2D eigenvalue weighted by Crippen LogP contribution is 2.18. The first-order chi connectivity index (χ1) is 11.5. The zero-order valence-electron chi connectivity index (χ0n) is 13.9. The molecule has 0 bridgehead atoms. The highest BCUT2D eigenvalue weighted by atomic mass is 35.5. The van der Waals surface area contributed by atoms with E-state index in [1.54, 1.807) is 11.8 Å². The monoisotopic (exact) mass is 364 g/mol. The van der Waals surface area contributed by atoms with Gasteiger partial charge >= 0.3 is 0 Å². The fourth-order valence-electron chi connectivity index (χ4n) is 2.35. The minimum atomic E-state index is -0.551. The lowest BCUT2D eigenvalue weighted by atomic mass is 10.1. The molecule has 25 heavy (non-hydrogen) atoms. The van der Waals surface area contributed by atoms with Gasteiger partial charge in [-0.25, -0.2) is 0 Å². The SMILES string of the molecule is Cc1ncc([N+](=O)[O-])cc1C(=O)N(CCCN)Cc1ccccc1.Cl. The van der Waals surface area contributed by atoms with Gasteiger partial charge < -0.3 is 10.6 Å². The summed E-state index contributed by atoms with van der Waals surface area (Å²) in [5, 5.41) is 10.9. The summed E-state index contributed by atoms with van der Waals surface area (Å²) in [6.45, 7) is 3.03. The molecule has 0 aliphatic heterocycles. The van der Waals surface area contributed by atoms with Crippen molar-refractivity contribution in [1.29, 1.82) is 0 Å². The van der Waals surface area contributed by atoms with Crippen LogP contribution in [0, 0.1) is 17.0 Å². The Balaban J connectivity index is 0.00000312. The third kappa shape index (κ3) is 5.51. The number of rotatable bonds is 7. The summed E-state index contributed by atoms with van der Waals surface area (Å²) < 4.78 is 0. The molecule has 8 heteroatoms. The number of carbonyl (C=O) groups excluding carboxylic acids is 1. The number of nitrogens with two attached hydrogens (primary N) is 1. The van der Waals surface area contributed by atoms with Crippen LogP contribution in [0.4, 0.5) is 5.69 Å². The molecule has 1 amide bonds. The molecular weight excluding hydrogens is 344 g/mol. The predicted molar refractivity (Wildman–Crippen MR) is 97.7 cm³/mol. The van der Waals surface area contributed by atoms with Crippen LogP contribution in [-0.2, 0) is 6.54 Å². The number of carbonyl (C=O) groups is 1. The Morgan fingerprint density at radius 1 is 1.32 bits per heavy atom. The average molecular weight is 365 g/mol. The van der Waals surface area contributed by atoms with Gasteiger partial charge in [0.2, 0.25) is 0 Å². The summed E-state index contributed by atoms with van der Waals surface area (Å²) in [7, 11) is 0. The topological polar surface area (TPSA) is 102 Å². The van der Waals surface area contributed by atoms with E-state index >= 15 is 0 Å². The first kappa shape index (κ1) is 20.5. The second kappa shape index (κ2) is 9.71. The maximum atomic E-state index is 12.9. The molecule has 0 saturated heterocycles.